The lowest BCUT2D eigenvalue weighted by Crippen LogP contribution is -2.50. The monoisotopic (exact) mass is 312 g/mol. The van der Waals surface area contributed by atoms with Crippen molar-refractivity contribution < 1.29 is 9.53 Å². The number of rotatable bonds is 5. The average Bonchev–Trinajstić information content (AvgIpc) is 2.46. The van der Waals surface area contributed by atoms with Gasteiger partial charge in [-0.1, -0.05) is 11.6 Å². The van der Waals surface area contributed by atoms with Gasteiger partial charge in [-0.15, -0.1) is 0 Å². The van der Waals surface area contributed by atoms with E-state index >= 15 is 0 Å². The van der Waals surface area contributed by atoms with Crippen LogP contribution in [0.3, 0.4) is 0 Å². The van der Waals surface area contributed by atoms with Gasteiger partial charge in [0.25, 0.3) is 0 Å². The normalized spacial score (nSPS) is 21.0. The Kier molecular flexibility index (Phi) is 5.39. The Balaban J connectivity index is 1.94. The summed E-state index contributed by atoms with van der Waals surface area (Å²) in [5.41, 5.74) is 5.50. The van der Waals surface area contributed by atoms with Crippen LogP contribution >= 0.6 is 11.6 Å². The van der Waals surface area contributed by atoms with Gasteiger partial charge in [-0.2, -0.15) is 0 Å². The number of amides is 1. The maximum atomic E-state index is 11.1. The molecule has 1 aliphatic heterocycles. The zero-order valence-electron chi connectivity index (χ0n) is 12.3. The molecule has 0 radical (unpaired) electrons. The van der Waals surface area contributed by atoms with Crippen molar-refractivity contribution in [2.24, 2.45) is 5.73 Å². The zero-order chi connectivity index (χ0) is 15.4. The highest BCUT2D eigenvalue weighted by Gasteiger charge is 2.23. The summed E-state index contributed by atoms with van der Waals surface area (Å²) in [5, 5.41) is 3.62. The van der Waals surface area contributed by atoms with Gasteiger partial charge in [-0.3, -0.25) is 9.69 Å². The number of aromatic nitrogens is 1. The lowest BCUT2D eigenvalue weighted by atomic mass is 10.2. The summed E-state index contributed by atoms with van der Waals surface area (Å²) in [6.45, 7) is 7.47. The second-order valence-electron chi connectivity index (χ2n) is 5.31. The quantitative estimate of drug-likeness (QED) is 0.858. The van der Waals surface area contributed by atoms with E-state index in [9.17, 15) is 4.79 Å². The molecular formula is C14H21ClN4O2. The second-order valence-corrected chi connectivity index (χ2v) is 5.72. The summed E-state index contributed by atoms with van der Waals surface area (Å²) in [7, 11) is 0. The van der Waals surface area contributed by atoms with Gasteiger partial charge in [-0.25, -0.2) is 4.98 Å². The molecule has 1 aliphatic rings. The van der Waals surface area contributed by atoms with Crippen molar-refractivity contribution in [1.82, 2.24) is 9.88 Å². The molecule has 0 saturated carbocycles. The lowest BCUT2D eigenvalue weighted by molar-refractivity contribution is -0.0159. The minimum Gasteiger partial charge on any atom is -0.379 e. The Morgan fingerprint density at radius 1 is 1.71 bits per heavy atom. The molecule has 1 saturated heterocycles. The lowest BCUT2D eigenvalue weighted by Gasteiger charge is -2.38. The van der Waals surface area contributed by atoms with Crippen LogP contribution < -0.4 is 11.1 Å². The minimum absolute atomic E-state index is 0.306. The molecule has 0 aromatic carbocycles. The highest BCUT2D eigenvalue weighted by atomic mass is 35.5. The molecule has 1 aromatic rings. The van der Waals surface area contributed by atoms with Crippen molar-refractivity contribution in [3.8, 4) is 0 Å². The van der Waals surface area contributed by atoms with Crippen LogP contribution in [0.4, 0.5) is 5.82 Å². The first-order valence-electron chi connectivity index (χ1n) is 7.01. The number of hydrogen-bond donors (Lipinski definition) is 2. The van der Waals surface area contributed by atoms with Crippen molar-refractivity contribution in [1.29, 1.82) is 0 Å². The van der Waals surface area contributed by atoms with Crippen molar-refractivity contribution in [3.05, 3.63) is 22.8 Å². The smallest absolute Gasteiger partial charge is 0.250 e. The van der Waals surface area contributed by atoms with E-state index in [4.69, 9.17) is 22.1 Å². The van der Waals surface area contributed by atoms with Crippen LogP contribution in [0.15, 0.2) is 12.3 Å². The Hall–Kier alpha value is -1.37. The van der Waals surface area contributed by atoms with Crippen LogP contribution in [0.2, 0.25) is 5.02 Å². The van der Waals surface area contributed by atoms with Crippen molar-refractivity contribution in [3.63, 3.8) is 0 Å². The maximum Gasteiger partial charge on any atom is 0.250 e. The Bertz CT molecular complexity index is 512. The molecule has 0 bridgehead atoms. The van der Waals surface area contributed by atoms with Crippen molar-refractivity contribution in [2.75, 3.05) is 31.6 Å². The number of carbonyl (C=O) groups is 1. The minimum atomic E-state index is -0.536. The van der Waals surface area contributed by atoms with Gasteiger partial charge in [-0.05, 0) is 19.9 Å². The van der Waals surface area contributed by atoms with Gasteiger partial charge in [0.1, 0.15) is 5.82 Å². The number of primary amides is 1. The van der Waals surface area contributed by atoms with Gasteiger partial charge in [0, 0.05) is 31.4 Å². The van der Waals surface area contributed by atoms with E-state index in [1.165, 1.54) is 12.3 Å². The summed E-state index contributed by atoms with van der Waals surface area (Å²) in [6.07, 6.45) is 1.43. The van der Waals surface area contributed by atoms with Crippen LogP contribution in [0.25, 0.3) is 0 Å². The van der Waals surface area contributed by atoms with Crippen LogP contribution in [0, 0.1) is 0 Å². The fraction of sp³-hybridized carbons (Fsp3) is 0.571. The molecule has 2 heterocycles. The predicted octanol–water partition coefficient (Wildman–Crippen LogP) is 1.35. The van der Waals surface area contributed by atoms with E-state index < -0.39 is 5.91 Å². The largest absolute Gasteiger partial charge is 0.379 e. The number of pyridine rings is 1. The first-order chi connectivity index (χ1) is 9.99. The molecule has 116 valence electrons. The van der Waals surface area contributed by atoms with E-state index in [2.05, 4.69) is 29.0 Å². The fourth-order valence-electron chi connectivity index (χ4n) is 2.46. The number of hydrogen-bond acceptors (Lipinski definition) is 5. The van der Waals surface area contributed by atoms with E-state index in [-0.39, 0.29) is 0 Å². The summed E-state index contributed by atoms with van der Waals surface area (Å²) < 4.78 is 5.44. The predicted molar refractivity (Wildman–Crippen MR) is 82.7 cm³/mol. The Labute approximate surface area is 129 Å². The number of morpholine rings is 1. The first kappa shape index (κ1) is 16.0. The highest BCUT2D eigenvalue weighted by Crippen LogP contribution is 2.20. The van der Waals surface area contributed by atoms with Gasteiger partial charge in [0.15, 0.2) is 0 Å². The SMILES string of the molecule is C[C@H](CNc1ncc(C(N)=O)cc1Cl)N1CCOC[C@@H]1C. The molecular weight excluding hydrogens is 292 g/mol. The first-order valence-corrected chi connectivity index (χ1v) is 7.39. The molecule has 2 rings (SSSR count). The molecule has 6 nitrogen and oxygen atoms in total. The Morgan fingerprint density at radius 2 is 2.48 bits per heavy atom. The molecule has 1 fully saturated rings. The third-order valence-electron chi connectivity index (χ3n) is 3.68. The zero-order valence-corrected chi connectivity index (χ0v) is 13.1. The number of halogens is 1. The van der Waals surface area contributed by atoms with Gasteiger partial charge in [0.2, 0.25) is 5.91 Å². The summed E-state index contributed by atoms with van der Waals surface area (Å²) >= 11 is 6.10. The number of nitrogens with two attached hydrogens (primary N) is 1. The number of carbonyl (C=O) groups excluding carboxylic acids is 1. The van der Waals surface area contributed by atoms with Gasteiger partial charge in [0.05, 0.1) is 23.8 Å². The topological polar surface area (TPSA) is 80.5 Å². The molecule has 0 aliphatic carbocycles. The summed E-state index contributed by atoms with van der Waals surface area (Å²) in [6, 6.07) is 2.26. The van der Waals surface area contributed by atoms with Crippen LogP contribution in [-0.4, -0.2) is 54.2 Å². The molecule has 3 N–H and O–H groups in total. The van der Waals surface area contributed by atoms with Gasteiger partial charge < -0.3 is 15.8 Å². The van der Waals surface area contributed by atoms with Crippen LogP contribution in [-0.2, 0) is 4.74 Å². The number of ether oxygens (including phenoxy) is 1. The van der Waals surface area contributed by atoms with E-state index in [0.717, 1.165) is 19.8 Å². The summed E-state index contributed by atoms with van der Waals surface area (Å²) in [5.74, 6) is 0.0286. The standard InChI is InChI=1S/C14H21ClN4O2/c1-9(19-3-4-21-8-10(19)2)6-17-14-12(15)5-11(7-18-14)13(16)20/h5,7,9-10H,3-4,6,8H2,1-2H3,(H2,16,20)(H,17,18)/t9-,10+/m1/s1. The third kappa shape index (κ3) is 4.06. The summed E-state index contributed by atoms with van der Waals surface area (Å²) in [4.78, 5) is 17.6. The van der Waals surface area contributed by atoms with E-state index in [0.29, 0.717) is 35.0 Å². The molecule has 1 amide bonds. The average molecular weight is 313 g/mol. The van der Waals surface area contributed by atoms with Gasteiger partial charge >= 0.3 is 0 Å². The van der Waals surface area contributed by atoms with Crippen molar-refractivity contribution in [2.45, 2.75) is 25.9 Å². The number of nitrogens with one attached hydrogen (secondary N) is 1. The molecule has 0 unspecified atom stereocenters. The number of nitrogens with zero attached hydrogens (tertiary/aromatic N) is 2. The third-order valence-corrected chi connectivity index (χ3v) is 3.96. The molecule has 1 aromatic heterocycles. The number of anilines is 1. The van der Waals surface area contributed by atoms with Crippen molar-refractivity contribution >= 4 is 23.3 Å². The van der Waals surface area contributed by atoms with Crippen LogP contribution in [0.5, 0.6) is 0 Å². The van der Waals surface area contributed by atoms with E-state index in [1.807, 2.05) is 0 Å². The van der Waals surface area contributed by atoms with Crippen LogP contribution in [0.1, 0.15) is 24.2 Å². The van der Waals surface area contributed by atoms with E-state index in [1.54, 1.807) is 0 Å². The fourth-order valence-corrected chi connectivity index (χ4v) is 2.69. The molecule has 0 spiro atoms. The second kappa shape index (κ2) is 7.06. The Morgan fingerprint density at radius 3 is 3.10 bits per heavy atom. The molecule has 7 heteroatoms. The highest BCUT2D eigenvalue weighted by molar-refractivity contribution is 6.33. The molecule has 2 atom stereocenters. The molecule has 21 heavy (non-hydrogen) atoms. The maximum absolute atomic E-state index is 11.1.